The zero-order valence-corrected chi connectivity index (χ0v) is 10.9. The van der Waals surface area contributed by atoms with Gasteiger partial charge < -0.3 is 5.11 Å². The van der Waals surface area contributed by atoms with Crippen LogP contribution in [-0.4, -0.2) is 5.11 Å². The van der Waals surface area contributed by atoms with Gasteiger partial charge in [0.15, 0.2) is 0 Å². The summed E-state index contributed by atoms with van der Waals surface area (Å²) in [7, 11) is 0. The first kappa shape index (κ1) is 13.3. The first-order chi connectivity index (χ1) is 8.59. The van der Waals surface area contributed by atoms with Gasteiger partial charge in [-0.15, -0.1) is 0 Å². The molecule has 0 fully saturated rings. The SMILES string of the molecule is OC(Cc1cccc(Cl)c1F)c1ccccc1Cl. The molecule has 1 unspecified atom stereocenters. The predicted octanol–water partition coefficient (Wildman–Crippen LogP) is 4.41. The number of hydrogen-bond acceptors (Lipinski definition) is 1. The molecular formula is C14H11Cl2FO. The molecule has 0 bridgehead atoms. The Hall–Kier alpha value is -1.09. The monoisotopic (exact) mass is 284 g/mol. The maximum atomic E-state index is 13.7. The van der Waals surface area contributed by atoms with E-state index in [0.29, 0.717) is 16.1 Å². The summed E-state index contributed by atoms with van der Waals surface area (Å²) in [6, 6.07) is 11.7. The average molecular weight is 285 g/mol. The molecule has 1 nitrogen and oxygen atoms in total. The van der Waals surface area contributed by atoms with Gasteiger partial charge in [-0.3, -0.25) is 0 Å². The van der Waals surface area contributed by atoms with Crippen molar-refractivity contribution < 1.29 is 9.50 Å². The summed E-state index contributed by atoms with van der Waals surface area (Å²) in [6.45, 7) is 0. The fraction of sp³-hybridized carbons (Fsp3) is 0.143. The Balaban J connectivity index is 2.24. The predicted molar refractivity (Wildman–Crippen MR) is 71.5 cm³/mol. The van der Waals surface area contributed by atoms with Crippen molar-refractivity contribution in [2.45, 2.75) is 12.5 Å². The summed E-state index contributed by atoms with van der Waals surface area (Å²) in [5.41, 5.74) is 0.952. The third kappa shape index (κ3) is 2.83. The van der Waals surface area contributed by atoms with Crippen LogP contribution in [0.2, 0.25) is 10.0 Å². The molecule has 0 aliphatic carbocycles. The van der Waals surface area contributed by atoms with Crippen LogP contribution in [0.5, 0.6) is 0 Å². The summed E-state index contributed by atoms with van der Waals surface area (Å²) < 4.78 is 13.7. The smallest absolute Gasteiger partial charge is 0.145 e. The van der Waals surface area contributed by atoms with E-state index in [4.69, 9.17) is 23.2 Å². The van der Waals surface area contributed by atoms with Crippen molar-refractivity contribution in [1.82, 2.24) is 0 Å². The number of halogens is 3. The molecule has 0 heterocycles. The second kappa shape index (κ2) is 5.70. The van der Waals surface area contributed by atoms with Crippen LogP contribution in [0.15, 0.2) is 42.5 Å². The molecule has 2 rings (SSSR count). The molecule has 2 aromatic carbocycles. The van der Waals surface area contributed by atoms with Crippen LogP contribution in [0.1, 0.15) is 17.2 Å². The molecular weight excluding hydrogens is 274 g/mol. The van der Waals surface area contributed by atoms with Crippen LogP contribution in [0.4, 0.5) is 4.39 Å². The molecule has 1 N–H and O–H groups in total. The van der Waals surface area contributed by atoms with E-state index < -0.39 is 11.9 Å². The van der Waals surface area contributed by atoms with Crippen molar-refractivity contribution in [3.8, 4) is 0 Å². The van der Waals surface area contributed by atoms with Crippen LogP contribution in [0.3, 0.4) is 0 Å². The minimum Gasteiger partial charge on any atom is -0.388 e. The van der Waals surface area contributed by atoms with Gasteiger partial charge in [-0.2, -0.15) is 0 Å². The van der Waals surface area contributed by atoms with Crippen LogP contribution in [0.25, 0.3) is 0 Å². The lowest BCUT2D eigenvalue weighted by Crippen LogP contribution is -2.04. The maximum Gasteiger partial charge on any atom is 0.145 e. The van der Waals surface area contributed by atoms with E-state index in [1.165, 1.54) is 6.07 Å². The van der Waals surface area contributed by atoms with Crippen LogP contribution >= 0.6 is 23.2 Å². The van der Waals surface area contributed by atoms with Gasteiger partial charge >= 0.3 is 0 Å². The fourth-order valence-electron chi connectivity index (χ4n) is 1.77. The standard InChI is InChI=1S/C14H11Cl2FO/c15-11-6-2-1-5-10(11)13(18)8-9-4-3-7-12(16)14(9)17/h1-7,13,18H,8H2. The summed E-state index contributed by atoms with van der Waals surface area (Å²) in [5, 5.41) is 10.6. The van der Waals surface area contributed by atoms with E-state index in [0.717, 1.165) is 0 Å². The Kier molecular flexibility index (Phi) is 4.23. The molecule has 0 radical (unpaired) electrons. The summed E-state index contributed by atoms with van der Waals surface area (Å²) in [6.07, 6.45) is -0.720. The van der Waals surface area contributed by atoms with Gasteiger partial charge in [-0.1, -0.05) is 53.5 Å². The highest BCUT2D eigenvalue weighted by Gasteiger charge is 2.15. The number of aliphatic hydroxyl groups excluding tert-OH is 1. The zero-order chi connectivity index (χ0) is 13.1. The molecule has 18 heavy (non-hydrogen) atoms. The number of rotatable bonds is 3. The molecule has 1 atom stereocenters. The molecule has 0 aromatic heterocycles. The number of aliphatic hydroxyl groups is 1. The van der Waals surface area contributed by atoms with Crippen LogP contribution < -0.4 is 0 Å². The van der Waals surface area contributed by atoms with E-state index in [-0.39, 0.29) is 11.4 Å². The van der Waals surface area contributed by atoms with E-state index in [1.807, 2.05) is 0 Å². The second-order valence-electron chi connectivity index (χ2n) is 3.95. The van der Waals surface area contributed by atoms with Gasteiger partial charge in [-0.05, 0) is 23.3 Å². The minimum atomic E-state index is -0.855. The molecule has 0 amide bonds. The van der Waals surface area contributed by atoms with Crippen molar-refractivity contribution in [3.63, 3.8) is 0 Å². The van der Waals surface area contributed by atoms with Crippen molar-refractivity contribution in [1.29, 1.82) is 0 Å². The molecule has 0 aliphatic heterocycles. The van der Waals surface area contributed by atoms with Crippen LogP contribution in [-0.2, 0) is 6.42 Å². The third-order valence-electron chi connectivity index (χ3n) is 2.71. The van der Waals surface area contributed by atoms with Crippen molar-refractivity contribution >= 4 is 23.2 Å². The van der Waals surface area contributed by atoms with Crippen molar-refractivity contribution in [2.24, 2.45) is 0 Å². The highest BCUT2D eigenvalue weighted by atomic mass is 35.5. The Morgan fingerprint density at radius 2 is 1.67 bits per heavy atom. The lowest BCUT2D eigenvalue weighted by atomic mass is 10.0. The molecule has 2 aromatic rings. The quantitative estimate of drug-likeness (QED) is 0.885. The number of hydrogen-bond donors (Lipinski definition) is 1. The lowest BCUT2D eigenvalue weighted by molar-refractivity contribution is 0.177. The molecule has 0 saturated heterocycles. The van der Waals surface area contributed by atoms with Crippen LogP contribution in [0, 0.1) is 5.82 Å². The molecule has 0 saturated carbocycles. The van der Waals surface area contributed by atoms with Gasteiger partial charge in [0, 0.05) is 11.4 Å². The molecule has 4 heteroatoms. The second-order valence-corrected chi connectivity index (χ2v) is 4.77. The minimum absolute atomic E-state index is 0.0545. The summed E-state index contributed by atoms with van der Waals surface area (Å²) >= 11 is 11.7. The molecule has 94 valence electrons. The van der Waals surface area contributed by atoms with E-state index in [2.05, 4.69) is 0 Å². The molecule has 0 spiro atoms. The largest absolute Gasteiger partial charge is 0.388 e. The Labute approximate surface area is 115 Å². The van der Waals surface area contributed by atoms with Gasteiger partial charge in [0.2, 0.25) is 0 Å². The lowest BCUT2D eigenvalue weighted by Gasteiger charge is -2.13. The topological polar surface area (TPSA) is 20.2 Å². The van der Waals surface area contributed by atoms with Crippen molar-refractivity contribution in [3.05, 3.63) is 69.5 Å². The number of benzene rings is 2. The van der Waals surface area contributed by atoms with E-state index in [9.17, 15) is 9.50 Å². The zero-order valence-electron chi connectivity index (χ0n) is 9.41. The van der Waals surface area contributed by atoms with Gasteiger partial charge in [0.05, 0.1) is 11.1 Å². The first-order valence-electron chi connectivity index (χ1n) is 5.45. The van der Waals surface area contributed by atoms with E-state index >= 15 is 0 Å². The molecule has 0 aliphatic rings. The Morgan fingerprint density at radius 1 is 1.00 bits per heavy atom. The van der Waals surface area contributed by atoms with Gasteiger partial charge in [0.1, 0.15) is 5.82 Å². The highest BCUT2D eigenvalue weighted by Crippen LogP contribution is 2.27. The van der Waals surface area contributed by atoms with E-state index in [1.54, 1.807) is 36.4 Å². The first-order valence-corrected chi connectivity index (χ1v) is 6.20. The van der Waals surface area contributed by atoms with Crippen molar-refractivity contribution in [2.75, 3.05) is 0 Å². The Bertz CT molecular complexity index is 557. The summed E-state index contributed by atoms with van der Waals surface area (Å²) in [4.78, 5) is 0. The summed E-state index contributed by atoms with van der Waals surface area (Å²) in [5.74, 6) is -0.495. The normalized spacial score (nSPS) is 12.4. The average Bonchev–Trinajstić information content (AvgIpc) is 2.35. The highest BCUT2D eigenvalue weighted by molar-refractivity contribution is 6.31. The maximum absolute atomic E-state index is 13.7. The van der Waals surface area contributed by atoms with Gasteiger partial charge in [0.25, 0.3) is 0 Å². The fourth-order valence-corrected chi connectivity index (χ4v) is 2.23. The Morgan fingerprint density at radius 3 is 2.39 bits per heavy atom. The van der Waals surface area contributed by atoms with Gasteiger partial charge in [-0.25, -0.2) is 4.39 Å². The third-order valence-corrected chi connectivity index (χ3v) is 3.35.